The summed E-state index contributed by atoms with van der Waals surface area (Å²) in [6, 6.07) is 31.3. The fourth-order valence-electron chi connectivity index (χ4n) is 4.41. The number of amides is 1. The molecule has 0 fully saturated rings. The van der Waals surface area contributed by atoms with E-state index in [-0.39, 0.29) is 18.4 Å². The van der Waals surface area contributed by atoms with Gasteiger partial charge < -0.3 is 5.32 Å². The number of nitriles is 1. The van der Waals surface area contributed by atoms with Crippen molar-refractivity contribution in [2.45, 2.75) is 37.1 Å². The van der Waals surface area contributed by atoms with E-state index in [1.54, 1.807) is 42.5 Å². The number of hydrogen-bond donors (Lipinski definition) is 2. The van der Waals surface area contributed by atoms with Crippen LogP contribution in [-0.2, 0) is 17.6 Å². The molecule has 0 aliphatic heterocycles. The van der Waals surface area contributed by atoms with Crippen LogP contribution in [0.1, 0.15) is 22.7 Å². The number of hydrogen-bond acceptors (Lipinski definition) is 3. The zero-order chi connectivity index (χ0) is 27.7. The molecular weight excluding hydrogens is 499 g/mol. The summed E-state index contributed by atoms with van der Waals surface area (Å²) in [4.78, 5) is 13.3. The maximum Gasteiger partial charge on any atom is 0.407 e. The number of benzene rings is 4. The molecule has 0 bridgehead atoms. The average molecular weight is 528 g/mol. The van der Waals surface area contributed by atoms with Crippen LogP contribution >= 0.6 is 0 Å². The first kappa shape index (κ1) is 27.6. The Labute approximate surface area is 226 Å². The van der Waals surface area contributed by atoms with Crippen LogP contribution in [0.2, 0.25) is 0 Å². The number of carbonyl (C=O) groups excluding carboxylic acids is 1. The lowest BCUT2D eigenvalue weighted by Gasteiger charge is -2.28. The van der Waals surface area contributed by atoms with Gasteiger partial charge in [-0.3, -0.25) is 10.1 Å². The summed E-state index contributed by atoms with van der Waals surface area (Å²) in [7, 11) is 0. The van der Waals surface area contributed by atoms with Crippen molar-refractivity contribution in [3.05, 3.63) is 132 Å². The molecule has 4 aromatic rings. The molecule has 7 heteroatoms. The second-order valence-corrected chi connectivity index (χ2v) is 9.25. The molecule has 1 amide bonds. The van der Waals surface area contributed by atoms with Gasteiger partial charge >= 0.3 is 6.18 Å². The fraction of sp³-hybridized carbons (Fsp3) is 0.188. The largest absolute Gasteiger partial charge is 0.407 e. The molecule has 0 unspecified atom stereocenters. The van der Waals surface area contributed by atoms with Crippen molar-refractivity contribution in [2.75, 3.05) is 0 Å². The highest BCUT2D eigenvalue weighted by Gasteiger charge is 2.43. The molecule has 0 aliphatic rings. The van der Waals surface area contributed by atoms with Crippen LogP contribution < -0.4 is 10.6 Å². The van der Waals surface area contributed by atoms with Gasteiger partial charge in [0.05, 0.1) is 12.1 Å². The zero-order valence-electron chi connectivity index (χ0n) is 21.1. The normalized spacial score (nSPS) is 13.6. The van der Waals surface area contributed by atoms with Crippen LogP contribution in [-0.4, -0.2) is 24.2 Å². The Bertz CT molecular complexity index is 1370. The van der Waals surface area contributed by atoms with Crippen LogP contribution in [0.5, 0.6) is 0 Å². The minimum absolute atomic E-state index is 0.00541. The third kappa shape index (κ3) is 7.79. The Morgan fingerprint density at radius 3 is 1.72 bits per heavy atom. The Kier molecular flexibility index (Phi) is 9.14. The van der Waals surface area contributed by atoms with Gasteiger partial charge in [-0.1, -0.05) is 115 Å². The van der Waals surface area contributed by atoms with E-state index < -0.39 is 30.2 Å². The third-order valence-corrected chi connectivity index (χ3v) is 6.40. The van der Waals surface area contributed by atoms with Gasteiger partial charge in [-0.2, -0.15) is 18.4 Å². The van der Waals surface area contributed by atoms with E-state index in [2.05, 4.69) is 16.7 Å². The Morgan fingerprint density at radius 2 is 1.21 bits per heavy atom. The lowest BCUT2D eigenvalue weighted by Crippen LogP contribution is -2.52. The highest BCUT2D eigenvalue weighted by Crippen LogP contribution is 2.34. The van der Waals surface area contributed by atoms with Gasteiger partial charge in [0.15, 0.2) is 0 Å². The van der Waals surface area contributed by atoms with Gasteiger partial charge in [-0.05, 0) is 34.2 Å². The van der Waals surface area contributed by atoms with Crippen LogP contribution in [0.15, 0.2) is 115 Å². The molecule has 0 radical (unpaired) electrons. The molecule has 39 heavy (non-hydrogen) atoms. The van der Waals surface area contributed by atoms with Gasteiger partial charge in [0, 0.05) is 6.42 Å². The Hall–Kier alpha value is -4.41. The lowest BCUT2D eigenvalue weighted by atomic mass is 9.98. The van der Waals surface area contributed by atoms with Crippen LogP contribution in [0.4, 0.5) is 13.2 Å². The van der Waals surface area contributed by atoms with Crippen molar-refractivity contribution in [2.24, 2.45) is 0 Å². The summed E-state index contributed by atoms with van der Waals surface area (Å²) in [5.41, 5.74) is 3.21. The van der Waals surface area contributed by atoms with E-state index in [1.807, 2.05) is 60.7 Å². The van der Waals surface area contributed by atoms with E-state index in [0.29, 0.717) is 5.56 Å². The predicted molar refractivity (Wildman–Crippen MR) is 145 cm³/mol. The molecule has 198 valence electrons. The van der Waals surface area contributed by atoms with Crippen LogP contribution in [0.25, 0.3) is 11.1 Å². The first-order valence-electron chi connectivity index (χ1n) is 12.6. The van der Waals surface area contributed by atoms with Crippen molar-refractivity contribution in [1.82, 2.24) is 10.6 Å². The lowest BCUT2D eigenvalue weighted by molar-refractivity contribution is -0.160. The van der Waals surface area contributed by atoms with Crippen molar-refractivity contribution in [3.8, 4) is 17.2 Å². The van der Waals surface area contributed by atoms with E-state index in [9.17, 15) is 23.2 Å². The number of carbonyl (C=O) groups is 1. The standard InChI is InChI=1S/C32H28F3N3O/c33-32(34,35)30(27-18-16-26(17-19-27)25-14-8-3-9-15-25)38-29(21-24-12-6-2-7-13-24)31(39)37-28(22-36)20-23-10-4-1-5-11-23/h1-19,28-30,38H,20-21H2,(H,37,39)/t28-,29-,30+/m0/s1. The first-order chi connectivity index (χ1) is 18.8. The van der Waals surface area contributed by atoms with Gasteiger partial charge in [0.2, 0.25) is 5.91 Å². The van der Waals surface area contributed by atoms with E-state index in [4.69, 9.17) is 0 Å². The summed E-state index contributed by atoms with van der Waals surface area (Å²) >= 11 is 0. The molecule has 0 spiro atoms. The second kappa shape index (κ2) is 12.9. The summed E-state index contributed by atoms with van der Waals surface area (Å²) in [6.07, 6.45) is -4.40. The van der Waals surface area contributed by atoms with E-state index in [0.717, 1.165) is 16.7 Å². The summed E-state index contributed by atoms with van der Waals surface area (Å²) in [5.74, 6) is -0.670. The molecule has 0 saturated carbocycles. The average Bonchev–Trinajstić information content (AvgIpc) is 2.96. The smallest absolute Gasteiger partial charge is 0.339 e. The van der Waals surface area contributed by atoms with Gasteiger partial charge in [0.25, 0.3) is 0 Å². The maximum atomic E-state index is 14.4. The number of halogens is 3. The molecular formula is C32H28F3N3O. The molecule has 2 N–H and O–H groups in total. The maximum absolute atomic E-state index is 14.4. The summed E-state index contributed by atoms with van der Waals surface area (Å²) in [5, 5.41) is 14.9. The SMILES string of the molecule is N#C[C@H](Cc1ccccc1)NC(=O)[C@H](Cc1ccccc1)N[C@H](c1ccc(-c2ccccc2)cc1)C(F)(F)F. The minimum Gasteiger partial charge on any atom is -0.339 e. The van der Waals surface area contributed by atoms with Crippen molar-refractivity contribution < 1.29 is 18.0 Å². The van der Waals surface area contributed by atoms with Gasteiger partial charge in [0.1, 0.15) is 12.1 Å². The summed E-state index contributed by atoms with van der Waals surface area (Å²) < 4.78 is 43.1. The molecule has 4 aromatic carbocycles. The van der Waals surface area contributed by atoms with E-state index >= 15 is 0 Å². The molecule has 0 saturated heterocycles. The minimum atomic E-state index is -4.66. The quantitative estimate of drug-likeness (QED) is 0.251. The van der Waals surface area contributed by atoms with Crippen molar-refractivity contribution in [3.63, 3.8) is 0 Å². The number of alkyl halides is 3. The fourth-order valence-corrected chi connectivity index (χ4v) is 4.41. The highest BCUT2D eigenvalue weighted by atomic mass is 19.4. The third-order valence-electron chi connectivity index (χ3n) is 6.40. The second-order valence-electron chi connectivity index (χ2n) is 9.25. The van der Waals surface area contributed by atoms with Crippen LogP contribution in [0, 0.1) is 11.3 Å². The molecule has 0 aliphatic carbocycles. The van der Waals surface area contributed by atoms with Gasteiger partial charge in [-0.25, -0.2) is 0 Å². The number of rotatable bonds is 10. The summed E-state index contributed by atoms with van der Waals surface area (Å²) in [6.45, 7) is 0. The molecule has 0 heterocycles. The molecule has 0 aromatic heterocycles. The van der Waals surface area contributed by atoms with Crippen LogP contribution in [0.3, 0.4) is 0 Å². The zero-order valence-corrected chi connectivity index (χ0v) is 21.1. The predicted octanol–water partition coefficient (Wildman–Crippen LogP) is 6.41. The monoisotopic (exact) mass is 527 g/mol. The van der Waals surface area contributed by atoms with Gasteiger partial charge in [-0.15, -0.1) is 0 Å². The molecule has 4 nitrogen and oxygen atoms in total. The van der Waals surface area contributed by atoms with Crippen molar-refractivity contribution in [1.29, 1.82) is 5.26 Å². The first-order valence-corrected chi connectivity index (χ1v) is 12.6. The van der Waals surface area contributed by atoms with E-state index in [1.165, 1.54) is 12.1 Å². The number of nitrogens with zero attached hydrogens (tertiary/aromatic N) is 1. The Morgan fingerprint density at radius 1 is 0.718 bits per heavy atom. The molecule has 4 rings (SSSR count). The number of nitrogens with one attached hydrogen (secondary N) is 2. The topological polar surface area (TPSA) is 64.9 Å². The highest BCUT2D eigenvalue weighted by molar-refractivity contribution is 5.82. The Balaban J connectivity index is 1.58. The van der Waals surface area contributed by atoms with Crippen molar-refractivity contribution >= 4 is 5.91 Å². The molecule has 3 atom stereocenters.